The van der Waals surface area contributed by atoms with Crippen molar-refractivity contribution < 1.29 is 5.11 Å². The van der Waals surface area contributed by atoms with E-state index in [2.05, 4.69) is 21.2 Å². The van der Waals surface area contributed by atoms with Gasteiger partial charge in [-0.3, -0.25) is 0 Å². The van der Waals surface area contributed by atoms with Crippen molar-refractivity contribution in [3.63, 3.8) is 0 Å². The molecule has 1 aromatic rings. The number of aliphatic hydroxyl groups excluding tert-OH is 1. The Balaban J connectivity index is 1.83. The smallest absolute Gasteiger partial charge is 0.0462 e. The number of benzene rings is 1. The van der Waals surface area contributed by atoms with Crippen LogP contribution in [-0.4, -0.2) is 18.3 Å². The van der Waals surface area contributed by atoms with E-state index in [1.54, 1.807) is 0 Å². The maximum Gasteiger partial charge on any atom is 0.0462 e. The number of halogens is 2. The van der Waals surface area contributed by atoms with Gasteiger partial charge in [0.1, 0.15) is 0 Å². The zero-order valence-corrected chi connectivity index (χ0v) is 12.7. The summed E-state index contributed by atoms with van der Waals surface area (Å²) < 4.78 is 1.05. The summed E-state index contributed by atoms with van der Waals surface area (Å²) in [5, 5.41) is 13.5. The van der Waals surface area contributed by atoms with E-state index >= 15 is 0 Å². The van der Waals surface area contributed by atoms with Gasteiger partial charge in [-0.25, -0.2) is 0 Å². The van der Waals surface area contributed by atoms with Crippen LogP contribution in [0.3, 0.4) is 0 Å². The van der Waals surface area contributed by atoms with Crippen molar-refractivity contribution in [3.05, 3.63) is 33.3 Å². The second-order valence-corrected chi connectivity index (χ2v) is 6.32. The van der Waals surface area contributed by atoms with Crippen molar-refractivity contribution >= 4 is 27.5 Å². The van der Waals surface area contributed by atoms with Gasteiger partial charge in [-0.05, 0) is 55.0 Å². The molecule has 18 heavy (non-hydrogen) atoms. The summed E-state index contributed by atoms with van der Waals surface area (Å²) in [6.07, 6.45) is 3.64. The van der Waals surface area contributed by atoms with Crippen molar-refractivity contribution in [2.75, 3.05) is 13.2 Å². The van der Waals surface area contributed by atoms with E-state index in [9.17, 15) is 5.11 Å². The predicted octanol–water partition coefficient (Wildman–Crippen LogP) is 3.60. The molecule has 2 rings (SSSR count). The first-order valence-electron chi connectivity index (χ1n) is 6.46. The van der Waals surface area contributed by atoms with Crippen molar-refractivity contribution in [3.8, 4) is 0 Å². The third kappa shape index (κ3) is 3.70. The topological polar surface area (TPSA) is 32.3 Å². The molecule has 0 heterocycles. The third-order valence-corrected chi connectivity index (χ3v) is 4.64. The van der Waals surface area contributed by atoms with Gasteiger partial charge in [-0.15, -0.1) is 0 Å². The molecular formula is C14H19BrClNO. The fourth-order valence-electron chi connectivity index (χ4n) is 2.69. The molecule has 2 nitrogen and oxygen atoms in total. The first kappa shape index (κ1) is 14.3. The molecule has 0 amide bonds. The van der Waals surface area contributed by atoms with Crippen LogP contribution >= 0.6 is 27.5 Å². The minimum absolute atomic E-state index is 0.323. The summed E-state index contributed by atoms with van der Waals surface area (Å²) in [4.78, 5) is 0. The Labute approximate surface area is 122 Å². The van der Waals surface area contributed by atoms with Crippen LogP contribution < -0.4 is 5.32 Å². The van der Waals surface area contributed by atoms with Gasteiger partial charge in [0.05, 0.1) is 0 Å². The number of nitrogens with one attached hydrogen (secondary N) is 1. The van der Waals surface area contributed by atoms with Crippen LogP contribution in [0.5, 0.6) is 0 Å². The summed E-state index contributed by atoms with van der Waals surface area (Å²) >= 11 is 9.60. The highest BCUT2D eigenvalue weighted by atomic mass is 79.9. The molecule has 2 N–H and O–H groups in total. The maximum absolute atomic E-state index is 9.28. The summed E-state index contributed by atoms with van der Waals surface area (Å²) in [5.74, 6) is 1.09. The van der Waals surface area contributed by atoms with Gasteiger partial charge in [0.15, 0.2) is 0 Å². The van der Waals surface area contributed by atoms with Gasteiger partial charge in [0.2, 0.25) is 0 Å². The van der Waals surface area contributed by atoms with Crippen LogP contribution in [0.2, 0.25) is 5.02 Å². The van der Waals surface area contributed by atoms with Gasteiger partial charge < -0.3 is 10.4 Å². The Morgan fingerprint density at radius 3 is 2.89 bits per heavy atom. The van der Waals surface area contributed by atoms with E-state index in [-0.39, 0.29) is 0 Å². The van der Waals surface area contributed by atoms with Crippen LogP contribution in [0.25, 0.3) is 0 Å². The first-order chi connectivity index (χ1) is 8.70. The summed E-state index contributed by atoms with van der Waals surface area (Å²) in [6.45, 7) is 2.07. The fraction of sp³-hybridized carbons (Fsp3) is 0.571. The molecule has 0 saturated heterocycles. The lowest BCUT2D eigenvalue weighted by Gasteiger charge is -2.18. The van der Waals surface area contributed by atoms with Crippen LogP contribution in [0.1, 0.15) is 24.8 Å². The van der Waals surface area contributed by atoms with Crippen molar-refractivity contribution in [1.82, 2.24) is 5.32 Å². The quantitative estimate of drug-likeness (QED) is 0.863. The molecule has 0 radical (unpaired) electrons. The SMILES string of the molecule is OCC1CCCC1CNCc1cc(Br)ccc1Cl. The normalized spacial score (nSPS) is 23.5. The maximum atomic E-state index is 9.28. The predicted molar refractivity (Wildman–Crippen MR) is 78.8 cm³/mol. The number of hydrogen-bond acceptors (Lipinski definition) is 2. The Morgan fingerprint density at radius 1 is 1.33 bits per heavy atom. The van der Waals surface area contributed by atoms with Crippen LogP contribution in [-0.2, 0) is 6.54 Å². The molecule has 0 spiro atoms. The largest absolute Gasteiger partial charge is 0.396 e. The Hall–Kier alpha value is -0.0900. The monoisotopic (exact) mass is 331 g/mol. The van der Waals surface area contributed by atoms with Gasteiger partial charge in [0, 0.05) is 22.6 Å². The highest BCUT2D eigenvalue weighted by Gasteiger charge is 2.25. The van der Waals surface area contributed by atoms with E-state index in [1.165, 1.54) is 19.3 Å². The summed E-state index contributed by atoms with van der Waals surface area (Å²) in [6, 6.07) is 5.91. The fourth-order valence-corrected chi connectivity index (χ4v) is 3.29. The van der Waals surface area contributed by atoms with Crippen LogP contribution in [0.15, 0.2) is 22.7 Å². The molecule has 1 aliphatic rings. The lowest BCUT2D eigenvalue weighted by atomic mass is 9.97. The van der Waals surface area contributed by atoms with E-state index in [0.29, 0.717) is 18.4 Å². The Morgan fingerprint density at radius 2 is 2.11 bits per heavy atom. The van der Waals surface area contributed by atoms with Gasteiger partial charge in [-0.1, -0.05) is 34.0 Å². The standard InChI is InChI=1S/C14H19BrClNO/c15-13-4-5-14(16)12(6-13)8-17-7-10-2-1-3-11(10)9-18/h4-6,10-11,17-18H,1-3,7-9H2. The van der Waals surface area contributed by atoms with Gasteiger partial charge in [-0.2, -0.15) is 0 Å². The average Bonchev–Trinajstić information content (AvgIpc) is 2.81. The average molecular weight is 333 g/mol. The second kappa shape index (κ2) is 6.90. The highest BCUT2D eigenvalue weighted by Crippen LogP contribution is 2.30. The summed E-state index contributed by atoms with van der Waals surface area (Å²) in [5.41, 5.74) is 1.12. The minimum Gasteiger partial charge on any atom is -0.396 e. The zero-order valence-electron chi connectivity index (χ0n) is 10.3. The molecule has 0 aromatic heterocycles. The van der Waals surface area contributed by atoms with E-state index in [4.69, 9.17) is 11.6 Å². The molecule has 2 unspecified atom stereocenters. The molecular weight excluding hydrogens is 314 g/mol. The first-order valence-corrected chi connectivity index (χ1v) is 7.63. The van der Waals surface area contributed by atoms with Gasteiger partial charge >= 0.3 is 0 Å². The molecule has 100 valence electrons. The number of hydrogen-bond donors (Lipinski definition) is 2. The molecule has 1 aromatic carbocycles. The van der Waals surface area contributed by atoms with E-state index in [0.717, 1.165) is 28.1 Å². The Bertz CT molecular complexity index is 399. The molecule has 0 bridgehead atoms. The molecule has 0 aliphatic heterocycles. The van der Waals surface area contributed by atoms with Crippen molar-refractivity contribution in [2.24, 2.45) is 11.8 Å². The Kier molecular flexibility index (Phi) is 5.49. The van der Waals surface area contributed by atoms with Crippen LogP contribution in [0.4, 0.5) is 0 Å². The molecule has 4 heteroatoms. The van der Waals surface area contributed by atoms with Crippen molar-refractivity contribution in [2.45, 2.75) is 25.8 Å². The van der Waals surface area contributed by atoms with E-state index < -0.39 is 0 Å². The summed E-state index contributed by atoms with van der Waals surface area (Å²) in [7, 11) is 0. The zero-order chi connectivity index (χ0) is 13.0. The molecule has 1 aliphatic carbocycles. The number of rotatable bonds is 5. The molecule has 2 atom stereocenters. The van der Waals surface area contributed by atoms with Crippen molar-refractivity contribution in [1.29, 1.82) is 0 Å². The van der Waals surface area contributed by atoms with Gasteiger partial charge in [0.25, 0.3) is 0 Å². The second-order valence-electron chi connectivity index (χ2n) is 5.00. The molecule has 1 fully saturated rings. The molecule has 1 saturated carbocycles. The highest BCUT2D eigenvalue weighted by molar-refractivity contribution is 9.10. The lowest BCUT2D eigenvalue weighted by molar-refractivity contribution is 0.192. The number of aliphatic hydroxyl groups is 1. The third-order valence-electron chi connectivity index (χ3n) is 3.78. The van der Waals surface area contributed by atoms with Crippen LogP contribution in [0, 0.1) is 11.8 Å². The van der Waals surface area contributed by atoms with E-state index in [1.807, 2.05) is 18.2 Å². The lowest BCUT2D eigenvalue weighted by Crippen LogP contribution is -2.26. The minimum atomic E-state index is 0.323.